The second-order valence-electron chi connectivity index (χ2n) is 9.00. The number of aromatic nitrogens is 3. The molecule has 0 radical (unpaired) electrons. The molecule has 3 rings (SSSR count). The van der Waals surface area contributed by atoms with Crippen LogP contribution < -0.4 is 11.1 Å². The van der Waals surface area contributed by atoms with Crippen LogP contribution in [-0.4, -0.2) is 44.6 Å². The van der Waals surface area contributed by atoms with E-state index < -0.39 is 53.7 Å². The van der Waals surface area contributed by atoms with Gasteiger partial charge in [0.2, 0.25) is 17.6 Å². The van der Waals surface area contributed by atoms with Crippen molar-refractivity contribution in [3.8, 4) is 0 Å². The van der Waals surface area contributed by atoms with Crippen molar-refractivity contribution in [3.63, 3.8) is 0 Å². The van der Waals surface area contributed by atoms with Crippen molar-refractivity contribution in [1.82, 2.24) is 20.1 Å². The fourth-order valence-corrected chi connectivity index (χ4v) is 6.06. The molecule has 3 atom stereocenters. The Morgan fingerprint density at radius 2 is 1.90 bits per heavy atom. The number of nitrogens with one attached hydrogen (secondary N) is 1. The van der Waals surface area contributed by atoms with E-state index in [2.05, 4.69) is 15.4 Å². The highest BCUT2D eigenvalue weighted by Crippen LogP contribution is 2.45. The summed E-state index contributed by atoms with van der Waals surface area (Å²) < 4.78 is 79.8. The van der Waals surface area contributed by atoms with Gasteiger partial charge in [-0.05, 0) is 59.4 Å². The summed E-state index contributed by atoms with van der Waals surface area (Å²) in [6.45, 7) is 2.71. The van der Waals surface area contributed by atoms with E-state index in [1.807, 2.05) is 35.8 Å². The van der Waals surface area contributed by atoms with Crippen molar-refractivity contribution in [2.24, 2.45) is 11.7 Å². The summed E-state index contributed by atoms with van der Waals surface area (Å²) in [7, 11) is 0. The number of aryl methyl sites for hydroxylation is 1. The maximum Gasteiger partial charge on any atom is 0.453 e. The molecule has 1 heterocycles. The number of carbonyl (C=O) groups excluding carboxylic acids is 2. The van der Waals surface area contributed by atoms with Crippen molar-refractivity contribution in [2.75, 3.05) is 12.0 Å². The molecule has 0 fully saturated rings. The van der Waals surface area contributed by atoms with E-state index in [0.29, 0.717) is 20.5 Å². The monoisotopic (exact) mass is 687 g/mol. The van der Waals surface area contributed by atoms with E-state index in [0.717, 1.165) is 0 Å². The minimum atomic E-state index is -5.18. The van der Waals surface area contributed by atoms with Crippen molar-refractivity contribution in [2.45, 2.75) is 44.2 Å². The summed E-state index contributed by atoms with van der Waals surface area (Å²) in [5.41, 5.74) is 5.17. The molecule has 39 heavy (non-hydrogen) atoms. The second-order valence-corrected chi connectivity index (χ2v) is 11.2. The van der Waals surface area contributed by atoms with Crippen LogP contribution >= 0.6 is 34.4 Å². The van der Waals surface area contributed by atoms with Crippen LogP contribution in [0.5, 0.6) is 0 Å². The average Bonchev–Trinajstić information content (AvgIpc) is 3.24. The number of alkyl halides is 6. The maximum absolute atomic E-state index is 13.4. The first-order chi connectivity index (χ1) is 18.0. The van der Waals surface area contributed by atoms with Crippen LogP contribution in [0.15, 0.2) is 40.0 Å². The molecule has 0 spiro atoms. The smallest absolute Gasteiger partial charge is 0.369 e. The summed E-state index contributed by atoms with van der Waals surface area (Å²) in [5.74, 6) is -5.34. The Morgan fingerprint density at radius 3 is 2.44 bits per heavy atom. The number of amides is 2. The Balaban J connectivity index is 2.06. The van der Waals surface area contributed by atoms with Gasteiger partial charge in [0.15, 0.2) is 0 Å². The number of benzene rings is 1. The summed E-state index contributed by atoms with van der Waals surface area (Å²) in [5, 5.41) is 5.92. The van der Waals surface area contributed by atoms with Gasteiger partial charge >= 0.3 is 12.4 Å². The highest BCUT2D eigenvalue weighted by Gasteiger charge is 2.51. The molecule has 0 saturated carbocycles. The summed E-state index contributed by atoms with van der Waals surface area (Å²) in [6, 6.07) is 4.00. The molecular weight excluding hydrogens is 663 g/mol. The van der Waals surface area contributed by atoms with Crippen LogP contribution in [0.3, 0.4) is 0 Å². The number of nitrogens with two attached hydrogens (primary N) is 1. The third-order valence-corrected chi connectivity index (χ3v) is 7.88. The molecular formula is C24H24F6IN5O2S. The fraction of sp³-hybridized carbons (Fsp3) is 0.417. The number of carbonyl (C=O) groups is 2. The quantitative estimate of drug-likeness (QED) is 0.308. The van der Waals surface area contributed by atoms with Crippen LogP contribution in [-0.2, 0) is 33.9 Å². The van der Waals surface area contributed by atoms with Gasteiger partial charge in [-0.2, -0.15) is 43.1 Å². The van der Waals surface area contributed by atoms with Gasteiger partial charge < -0.3 is 11.1 Å². The molecule has 0 aliphatic heterocycles. The zero-order valence-corrected chi connectivity index (χ0v) is 23.8. The number of hydrogen-bond acceptors (Lipinski definition) is 5. The van der Waals surface area contributed by atoms with Gasteiger partial charge in [0, 0.05) is 15.4 Å². The molecule has 1 aliphatic carbocycles. The van der Waals surface area contributed by atoms with E-state index in [1.165, 1.54) is 36.0 Å². The summed E-state index contributed by atoms with van der Waals surface area (Å²) in [6.07, 6.45) is -3.67. The molecule has 0 saturated heterocycles. The molecule has 7 nitrogen and oxygen atoms in total. The number of rotatable bonds is 8. The van der Waals surface area contributed by atoms with Crippen molar-refractivity contribution in [1.29, 1.82) is 0 Å². The predicted octanol–water partition coefficient (Wildman–Crippen LogP) is 4.77. The van der Waals surface area contributed by atoms with Gasteiger partial charge in [-0.15, -0.1) is 5.10 Å². The van der Waals surface area contributed by atoms with E-state index in [9.17, 15) is 35.9 Å². The largest absolute Gasteiger partial charge is 0.453 e. The summed E-state index contributed by atoms with van der Waals surface area (Å²) in [4.78, 5) is 29.1. The first-order valence-electron chi connectivity index (χ1n) is 11.4. The predicted molar refractivity (Wildman–Crippen MR) is 142 cm³/mol. The molecule has 15 heteroatoms. The third kappa shape index (κ3) is 6.44. The van der Waals surface area contributed by atoms with Gasteiger partial charge in [-0.1, -0.05) is 36.4 Å². The number of halogens is 7. The lowest BCUT2D eigenvalue weighted by Crippen LogP contribution is -2.54. The summed E-state index contributed by atoms with van der Waals surface area (Å²) >= 11 is 3.49. The van der Waals surface area contributed by atoms with E-state index in [4.69, 9.17) is 5.73 Å². The standard InChI is InChI=1S/C24H24F6IN5O2S/c1-12-9-14(10-36-21(24(28,29)30)34-20(35-36)23(25,26)27)6-7-15(12)22(19(32)38)8-4-5-16(31)17(22)18(37)33-13(2)11-39-3/h4-9,13,17H,10-11H2,1-3H3,(H2,32,38)(H,33,37)/t13-,17?,22?/m0/s1. The Labute approximate surface area is 237 Å². The number of primary amides is 1. The van der Waals surface area contributed by atoms with E-state index in [-0.39, 0.29) is 16.3 Å². The zero-order valence-electron chi connectivity index (χ0n) is 20.8. The van der Waals surface area contributed by atoms with Gasteiger partial charge in [0.25, 0.3) is 5.82 Å². The lowest BCUT2D eigenvalue weighted by Gasteiger charge is -2.38. The lowest BCUT2D eigenvalue weighted by molar-refractivity contribution is -0.150. The van der Waals surface area contributed by atoms with Gasteiger partial charge in [-0.25, -0.2) is 4.68 Å². The maximum atomic E-state index is 13.4. The van der Waals surface area contributed by atoms with Crippen LogP contribution in [0, 0.1) is 12.8 Å². The first-order valence-corrected chi connectivity index (χ1v) is 13.8. The Bertz CT molecular complexity index is 1320. The fourth-order valence-electron chi connectivity index (χ4n) is 4.50. The molecule has 2 amide bonds. The normalized spacial score (nSPS) is 20.5. The molecule has 2 aromatic rings. The third-order valence-electron chi connectivity index (χ3n) is 6.07. The minimum Gasteiger partial charge on any atom is -0.369 e. The van der Waals surface area contributed by atoms with E-state index >= 15 is 0 Å². The lowest BCUT2D eigenvalue weighted by atomic mass is 9.65. The number of allylic oxidation sites excluding steroid dienone is 2. The molecule has 3 N–H and O–H groups in total. The van der Waals surface area contributed by atoms with Gasteiger partial charge in [0.05, 0.1) is 12.5 Å². The highest BCUT2D eigenvalue weighted by molar-refractivity contribution is 14.1. The van der Waals surface area contributed by atoms with Gasteiger partial charge in [0.1, 0.15) is 5.41 Å². The van der Waals surface area contributed by atoms with Crippen LogP contribution in [0.4, 0.5) is 26.3 Å². The van der Waals surface area contributed by atoms with E-state index in [1.54, 1.807) is 19.1 Å². The Hall–Kier alpha value is -2.56. The topological polar surface area (TPSA) is 103 Å². The van der Waals surface area contributed by atoms with Crippen molar-refractivity contribution < 1.29 is 35.9 Å². The van der Waals surface area contributed by atoms with Crippen LogP contribution in [0.2, 0.25) is 0 Å². The Morgan fingerprint density at radius 1 is 1.23 bits per heavy atom. The molecule has 1 aromatic carbocycles. The van der Waals surface area contributed by atoms with Crippen LogP contribution in [0.1, 0.15) is 35.3 Å². The molecule has 1 aliphatic rings. The SMILES string of the molecule is CSC[C@H](C)NC(=O)C1C(I)=CC=CC1(C(N)=O)c1ccc(Cn2nc(C(F)(F)F)nc2C(F)(F)F)cc1C. The van der Waals surface area contributed by atoms with Crippen molar-refractivity contribution in [3.05, 3.63) is 68.3 Å². The van der Waals surface area contributed by atoms with Crippen molar-refractivity contribution >= 4 is 46.2 Å². The van der Waals surface area contributed by atoms with Crippen LogP contribution in [0.25, 0.3) is 0 Å². The number of nitrogens with zero attached hydrogens (tertiary/aromatic N) is 3. The zero-order chi connectivity index (χ0) is 29.3. The van der Waals surface area contributed by atoms with Gasteiger partial charge in [-0.3, -0.25) is 9.59 Å². The molecule has 212 valence electrons. The molecule has 2 unspecified atom stereocenters. The highest BCUT2D eigenvalue weighted by atomic mass is 127. The Kier molecular flexibility index (Phi) is 9.14. The molecule has 0 bridgehead atoms. The second kappa shape index (κ2) is 11.5. The first kappa shape index (κ1) is 31.0. The molecule has 1 aromatic heterocycles. The number of hydrogen-bond donors (Lipinski definition) is 2. The minimum absolute atomic E-state index is 0.136. The average molecular weight is 687 g/mol. The number of thioether (sulfide) groups is 1.